The van der Waals surface area contributed by atoms with Crippen molar-refractivity contribution in [3.8, 4) is 0 Å². The molecule has 2 heterocycles. The predicted octanol–water partition coefficient (Wildman–Crippen LogP) is 2.26. The van der Waals surface area contributed by atoms with Gasteiger partial charge in [-0.15, -0.1) is 0 Å². The number of aromatic nitrogens is 2. The Kier molecular flexibility index (Phi) is 4.58. The SMILES string of the molecule is CC(C)C[C@H](CN)Cc1nc(C2(C)CCCO2)no1. The summed E-state index contributed by atoms with van der Waals surface area (Å²) in [5, 5.41) is 4.08. The lowest BCUT2D eigenvalue weighted by molar-refractivity contribution is 0.00768. The Morgan fingerprint density at radius 3 is 2.79 bits per heavy atom. The van der Waals surface area contributed by atoms with E-state index in [9.17, 15) is 0 Å². The first-order valence-corrected chi connectivity index (χ1v) is 7.20. The number of rotatable bonds is 6. The monoisotopic (exact) mass is 267 g/mol. The second kappa shape index (κ2) is 6.01. The fraction of sp³-hybridized carbons (Fsp3) is 0.857. The molecule has 108 valence electrons. The molecule has 1 aliphatic rings. The summed E-state index contributed by atoms with van der Waals surface area (Å²) in [7, 11) is 0. The Morgan fingerprint density at radius 1 is 1.42 bits per heavy atom. The highest BCUT2D eigenvalue weighted by molar-refractivity contribution is 5.02. The van der Waals surface area contributed by atoms with E-state index in [1.54, 1.807) is 0 Å². The molecule has 1 aromatic rings. The lowest BCUT2D eigenvalue weighted by Crippen LogP contribution is -2.22. The molecule has 1 aromatic heterocycles. The molecule has 1 fully saturated rings. The highest BCUT2D eigenvalue weighted by Crippen LogP contribution is 2.33. The molecule has 0 radical (unpaired) electrons. The molecule has 2 N–H and O–H groups in total. The fourth-order valence-corrected chi connectivity index (χ4v) is 2.68. The lowest BCUT2D eigenvalue weighted by atomic mass is 9.94. The summed E-state index contributed by atoms with van der Waals surface area (Å²) in [6, 6.07) is 0. The van der Waals surface area contributed by atoms with Gasteiger partial charge in [0.1, 0.15) is 5.60 Å². The van der Waals surface area contributed by atoms with Crippen LogP contribution in [0.2, 0.25) is 0 Å². The van der Waals surface area contributed by atoms with Crippen LogP contribution in [-0.4, -0.2) is 23.3 Å². The first kappa shape index (κ1) is 14.5. The molecule has 1 aliphatic heterocycles. The van der Waals surface area contributed by atoms with Crippen molar-refractivity contribution in [1.82, 2.24) is 10.1 Å². The van der Waals surface area contributed by atoms with Gasteiger partial charge in [-0.25, -0.2) is 0 Å². The smallest absolute Gasteiger partial charge is 0.227 e. The van der Waals surface area contributed by atoms with Gasteiger partial charge >= 0.3 is 0 Å². The average molecular weight is 267 g/mol. The molecule has 2 atom stereocenters. The summed E-state index contributed by atoms with van der Waals surface area (Å²) in [5.41, 5.74) is 5.45. The zero-order chi connectivity index (χ0) is 13.9. The molecule has 0 amide bonds. The van der Waals surface area contributed by atoms with Crippen LogP contribution >= 0.6 is 0 Å². The molecule has 0 bridgehead atoms. The Bertz CT molecular complexity index is 397. The van der Waals surface area contributed by atoms with Gasteiger partial charge in [0, 0.05) is 13.0 Å². The van der Waals surface area contributed by atoms with Crippen molar-refractivity contribution in [3.63, 3.8) is 0 Å². The molecule has 0 saturated carbocycles. The maximum Gasteiger partial charge on any atom is 0.227 e. The quantitative estimate of drug-likeness (QED) is 0.855. The third-order valence-electron chi connectivity index (χ3n) is 3.76. The van der Waals surface area contributed by atoms with Crippen LogP contribution in [0.1, 0.15) is 51.7 Å². The van der Waals surface area contributed by atoms with Crippen molar-refractivity contribution in [3.05, 3.63) is 11.7 Å². The first-order chi connectivity index (χ1) is 9.03. The van der Waals surface area contributed by atoms with Crippen molar-refractivity contribution in [2.75, 3.05) is 13.2 Å². The van der Waals surface area contributed by atoms with Crippen LogP contribution < -0.4 is 5.73 Å². The second-order valence-electron chi connectivity index (χ2n) is 6.13. The second-order valence-corrected chi connectivity index (χ2v) is 6.13. The van der Waals surface area contributed by atoms with Crippen molar-refractivity contribution >= 4 is 0 Å². The van der Waals surface area contributed by atoms with E-state index in [1.807, 2.05) is 6.92 Å². The summed E-state index contributed by atoms with van der Waals surface area (Å²) < 4.78 is 11.1. The van der Waals surface area contributed by atoms with Gasteiger partial charge in [-0.05, 0) is 44.6 Å². The van der Waals surface area contributed by atoms with Crippen LogP contribution in [0.3, 0.4) is 0 Å². The zero-order valence-electron chi connectivity index (χ0n) is 12.2. The lowest BCUT2D eigenvalue weighted by Gasteiger charge is -2.17. The van der Waals surface area contributed by atoms with Gasteiger partial charge in [0.15, 0.2) is 0 Å². The molecule has 1 unspecified atom stereocenters. The predicted molar refractivity (Wildman–Crippen MR) is 72.5 cm³/mol. The molecule has 5 heteroatoms. The number of hydrogen-bond acceptors (Lipinski definition) is 5. The molecular formula is C14H25N3O2. The maximum absolute atomic E-state index is 5.81. The Hall–Kier alpha value is -0.940. The third-order valence-corrected chi connectivity index (χ3v) is 3.76. The van der Waals surface area contributed by atoms with E-state index in [2.05, 4.69) is 24.0 Å². The van der Waals surface area contributed by atoms with Gasteiger partial charge in [-0.2, -0.15) is 4.98 Å². The van der Waals surface area contributed by atoms with E-state index in [-0.39, 0.29) is 5.60 Å². The van der Waals surface area contributed by atoms with E-state index >= 15 is 0 Å². The van der Waals surface area contributed by atoms with E-state index in [0.29, 0.717) is 30.1 Å². The van der Waals surface area contributed by atoms with Crippen molar-refractivity contribution in [1.29, 1.82) is 0 Å². The van der Waals surface area contributed by atoms with E-state index < -0.39 is 0 Å². The third kappa shape index (κ3) is 3.54. The minimum atomic E-state index is -0.363. The molecule has 19 heavy (non-hydrogen) atoms. The van der Waals surface area contributed by atoms with Crippen LogP contribution in [0.15, 0.2) is 4.52 Å². The summed E-state index contributed by atoms with van der Waals surface area (Å²) in [6.07, 6.45) is 3.86. The van der Waals surface area contributed by atoms with Crippen LogP contribution in [0.5, 0.6) is 0 Å². The number of nitrogens with zero attached hydrogens (tertiary/aromatic N) is 2. The number of nitrogens with two attached hydrogens (primary N) is 1. The Morgan fingerprint density at radius 2 is 2.21 bits per heavy atom. The summed E-state index contributed by atoms with van der Waals surface area (Å²) in [5.74, 6) is 2.40. The van der Waals surface area contributed by atoms with Crippen LogP contribution in [0.4, 0.5) is 0 Å². The fourth-order valence-electron chi connectivity index (χ4n) is 2.68. The normalized spacial score (nSPS) is 25.1. The van der Waals surface area contributed by atoms with Gasteiger partial charge in [-0.3, -0.25) is 0 Å². The van der Waals surface area contributed by atoms with Crippen molar-refractivity contribution in [2.24, 2.45) is 17.6 Å². The van der Waals surface area contributed by atoms with E-state index in [4.69, 9.17) is 15.0 Å². The minimum absolute atomic E-state index is 0.363. The van der Waals surface area contributed by atoms with Gasteiger partial charge < -0.3 is 15.0 Å². The van der Waals surface area contributed by atoms with Crippen LogP contribution in [-0.2, 0) is 16.8 Å². The van der Waals surface area contributed by atoms with Gasteiger partial charge in [0.2, 0.25) is 11.7 Å². The maximum atomic E-state index is 5.81. The van der Waals surface area contributed by atoms with Gasteiger partial charge in [-0.1, -0.05) is 19.0 Å². The van der Waals surface area contributed by atoms with Crippen LogP contribution in [0, 0.1) is 11.8 Å². The van der Waals surface area contributed by atoms with E-state index in [1.165, 1.54) is 0 Å². The molecule has 0 spiro atoms. The standard InChI is InChI=1S/C14H25N3O2/c1-10(2)7-11(9-15)8-12-16-13(17-19-12)14(3)5-4-6-18-14/h10-11H,4-9,15H2,1-3H3/t11-,14?/m0/s1. The zero-order valence-corrected chi connectivity index (χ0v) is 12.2. The largest absolute Gasteiger partial charge is 0.367 e. The number of ether oxygens (including phenoxy) is 1. The molecule has 2 rings (SSSR count). The first-order valence-electron chi connectivity index (χ1n) is 7.20. The molecular weight excluding hydrogens is 242 g/mol. The highest BCUT2D eigenvalue weighted by atomic mass is 16.5. The Labute approximate surface area is 114 Å². The summed E-state index contributed by atoms with van der Waals surface area (Å²) >= 11 is 0. The number of hydrogen-bond donors (Lipinski definition) is 1. The summed E-state index contributed by atoms with van der Waals surface area (Å²) in [6.45, 7) is 7.87. The summed E-state index contributed by atoms with van der Waals surface area (Å²) in [4.78, 5) is 4.50. The molecule has 5 nitrogen and oxygen atoms in total. The van der Waals surface area contributed by atoms with Crippen molar-refractivity contribution in [2.45, 2.75) is 52.1 Å². The molecule has 0 aliphatic carbocycles. The topological polar surface area (TPSA) is 74.2 Å². The molecule has 1 saturated heterocycles. The molecule has 0 aromatic carbocycles. The van der Waals surface area contributed by atoms with Crippen LogP contribution in [0.25, 0.3) is 0 Å². The van der Waals surface area contributed by atoms with Crippen molar-refractivity contribution < 1.29 is 9.26 Å². The van der Waals surface area contributed by atoms with E-state index in [0.717, 1.165) is 32.3 Å². The highest BCUT2D eigenvalue weighted by Gasteiger charge is 2.36. The Balaban J connectivity index is 2.00. The van der Waals surface area contributed by atoms with Gasteiger partial charge in [0.05, 0.1) is 0 Å². The van der Waals surface area contributed by atoms with Gasteiger partial charge in [0.25, 0.3) is 0 Å². The minimum Gasteiger partial charge on any atom is -0.367 e. The average Bonchev–Trinajstić information content (AvgIpc) is 2.97.